The Kier molecular flexibility index (Phi) is 2.21. The normalized spacial score (nSPS) is 21.7. The maximum absolute atomic E-state index is 10.3. The second-order valence-electron chi connectivity index (χ2n) is 2.56. The summed E-state index contributed by atoms with van der Waals surface area (Å²) in [5.74, 6) is -0.698. The molecule has 0 aromatic heterocycles. The van der Waals surface area contributed by atoms with E-state index in [2.05, 4.69) is 5.32 Å². The van der Waals surface area contributed by atoms with Crippen molar-refractivity contribution in [3.63, 3.8) is 0 Å². The molecule has 1 rings (SSSR count). The molecule has 0 bridgehead atoms. The molecule has 1 saturated heterocycles. The van der Waals surface area contributed by atoms with Crippen molar-refractivity contribution < 1.29 is 9.90 Å². The third kappa shape index (κ3) is 1.44. The molecule has 1 heterocycles. The smallest absolute Gasteiger partial charge is 0.304 e. The molecule has 0 atom stereocenters. The first-order valence-corrected chi connectivity index (χ1v) is 4.39. The first-order chi connectivity index (χ1) is 4.68. The lowest BCUT2D eigenvalue weighted by Gasteiger charge is -2.39. The Morgan fingerprint density at radius 3 is 2.50 bits per heavy atom. The fraction of sp³-hybridized carbons (Fsp3) is 0.833. The second kappa shape index (κ2) is 2.80. The maximum atomic E-state index is 10.3. The molecule has 1 fully saturated rings. The van der Waals surface area contributed by atoms with Gasteiger partial charge >= 0.3 is 5.97 Å². The van der Waals surface area contributed by atoms with Gasteiger partial charge in [-0.1, -0.05) is 0 Å². The third-order valence-corrected chi connectivity index (χ3v) is 3.10. The quantitative estimate of drug-likeness (QED) is 0.619. The minimum Gasteiger partial charge on any atom is -0.481 e. The molecule has 0 unspecified atom stereocenters. The summed E-state index contributed by atoms with van der Waals surface area (Å²) in [5, 5.41) is 11.6. The Balaban J connectivity index is 2.40. The van der Waals surface area contributed by atoms with Crippen molar-refractivity contribution in [1.82, 2.24) is 5.32 Å². The van der Waals surface area contributed by atoms with Crippen LogP contribution in [0.25, 0.3) is 0 Å². The predicted octanol–water partition coefficient (Wildman–Crippen LogP) is 0.166. The molecule has 10 heavy (non-hydrogen) atoms. The van der Waals surface area contributed by atoms with Gasteiger partial charge in [-0.25, -0.2) is 0 Å². The van der Waals surface area contributed by atoms with Crippen molar-refractivity contribution in [3.8, 4) is 0 Å². The van der Waals surface area contributed by atoms with Crippen molar-refractivity contribution in [1.29, 1.82) is 0 Å². The first kappa shape index (κ1) is 7.88. The summed E-state index contributed by atoms with van der Waals surface area (Å²) in [5.41, 5.74) is 0. The van der Waals surface area contributed by atoms with E-state index >= 15 is 0 Å². The topological polar surface area (TPSA) is 49.3 Å². The largest absolute Gasteiger partial charge is 0.481 e. The minimum absolute atomic E-state index is 0.00810. The standard InChI is InChI=1S/C6H11NO2S/c1-10-6(2-5(8)9)3-7-4-6/h7H,2-4H2,1H3,(H,8,9). The number of hydrogen-bond acceptors (Lipinski definition) is 3. The molecule has 0 aromatic rings. The van der Waals surface area contributed by atoms with Crippen LogP contribution >= 0.6 is 11.8 Å². The van der Waals surface area contributed by atoms with E-state index in [0.29, 0.717) is 0 Å². The van der Waals surface area contributed by atoms with Crippen molar-refractivity contribution in [3.05, 3.63) is 0 Å². The third-order valence-electron chi connectivity index (χ3n) is 1.80. The summed E-state index contributed by atoms with van der Waals surface area (Å²) in [4.78, 5) is 10.3. The Bertz CT molecular complexity index is 139. The summed E-state index contributed by atoms with van der Waals surface area (Å²) >= 11 is 1.64. The van der Waals surface area contributed by atoms with Gasteiger partial charge in [-0.05, 0) is 6.26 Å². The number of carboxylic acids is 1. The zero-order chi connectivity index (χ0) is 7.61. The van der Waals surface area contributed by atoms with Gasteiger partial charge in [0.1, 0.15) is 0 Å². The molecule has 3 nitrogen and oxygen atoms in total. The highest BCUT2D eigenvalue weighted by molar-refractivity contribution is 8.00. The monoisotopic (exact) mass is 161 g/mol. The van der Waals surface area contributed by atoms with Gasteiger partial charge < -0.3 is 10.4 Å². The van der Waals surface area contributed by atoms with Gasteiger partial charge in [0, 0.05) is 13.1 Å². The number of aliphatic carboxylic acids is 1. The average molecular weight is 161 g/mol. The van der Waals surface area contributed by atoms with Crippen LogP contribution in [0.5, 0.6) is 0 Å². The number of nitrogens with one attached hydrogen (secondary N) is 1. The number of carboxylic acid groups (broad SMARTS) is 1. The van der Waals surface area contributed by atoms with E-state index in [1.54, 1.807) is 11.8 Å². The highest BCUT2D eigenvalue weighted by Gasteiger charge is 2.37. The van der Waals surface area contributed by atoms with Gasteiger partial charge in [-0.2, -0.15) is 11.8 Å². The zero-order valence-corrected chi connectivity index (χ0v) is 6.70. The molecule has 0 aliphatic carbocycles. The second-order valence-corrected chi connectivity index (χ2v) is 3.84. The molecule has 0 amide bonds. The van der Waals surface area contributed by atoms with Gasteiger partial charge in [0.25, 0.3) is 0 Å². The molecule has 2 N–H and O–H groups in total. The molecular weight excluding hydrogens is 150 g/mol. The van der Waals surface area contributed by atoms with E-state index in [-0.39, 0.29) is 11.2 Å². The fourth-order valence-corrected chi connectivity index (χ4v) is 1.78. The summed E-state index contributed by atoms with van der Waals surface area (Å²) < 4.78 is -0.00810. The first-order valence-electron chi connectivity index (χ1n) is 3.16. The highest BCUT2D eigenvalue weighted by Crippen LogP contribution is 2.30. The van der Waals surface area contributed by atoms with Gasteiger partial charge in [-0.15, -0.1) is 0 Å². The van der Waals surface area contributed by atoms with Crippen LogP contribution in [-0.2, 0) is 4.79 Å². The number of hydrogen-bond donors (Lipinski definition) is 2. The molecule has 1 aliphatic rings. The van der Waals surface area contributed by atoms with Crippen LogP contribution in [-0.4, -0.2) is 35.2 Å². The van der Waals surface area contributed by atoms with Crippen molar-refractivity contribution >= 4 is 17.7 Å². The van der Waals surface area contributed by atoms with Crippen molar-refractivity contribution in [2.75, 3.05) is 19.3 Å². The zero-order valence-electron chi connectivity index (χ0n) is 5.89. The molecular formula is C6H11NO2S. The van der Waals surface area contributed by atoms with Crippen LogP contribution < -0.4 is 5.32 Å². The molecule has 58 valence electrons. The Morgan fingerprint density at radius 1 is 1.80 bits per heavy atom. The van der Waals surface area contributed by atoms with Gasteiger partial charge in [0.15, 0.2) is 0 Å². The van der Waals surface area contributed by atoms with E-state index in [4.69, 9.17) is 5.11 Å². The highest BCUT2D eigenvalue weighted by atomic mass is 32.2. The summed E-state index contributed by atoms with van der Waals surface area (Å²) in [6.45, 7) is 1.67. The molecule has 0 radical (unpaired) electrons. The Hall–Kier alpha value is -0.220. The maximum Gasteiger partial charge on any atom is 0.304 e. The lowest BCUT2D eigenvalue weighted by atomic mass is 9.98. The number of carbonyl (C=O) groups is 1. The minimum atomic E-state index is -0.698. The van der Waals surface area contributed by atoms with E-state index in [0.717, 1.165) is 13.1 Å². The van der Waals surface area contributed by atoms with Crippen LogP contribution in [0.1, 0.15) is 6.42 Å². The van der Waals surface area contributed by atoms with E-state index in [1.807, 2.05) is 6.26 Å². The fourth-order valence-electron chi connectivity index (χ4n) is 1.02. The Morgan fingerprint density at radius 2 is 2.40 bits per heavy atom. The molecule has 0 aromatic carbocycles. The molecule has 0 saturated carbocycles. The van der Waals surface area contributed by atoms with Crippen LogP contribution in [0.2, 0.25) is 0 Å². The summed E-state index contributed by atoms with van der Waals surface area (Å²) in [7, 11) is 0. The Labute approximate surface area is 64.2 Å². The predicted molar refractivity (Wildman–Crippen MR) is 41.4 cm³/mol. The molecule has 0 spiro atoms. The van der Waals surface area contributed by atoms with Crippen molar-refractivity contribution in [2.45, 2.75) is 11.2 Å². The van der Waals surface area contributed by atoms with Gasteiger partial charge in [0.05, 0.1) is 11.2 Å². The SMILES string of the molecule is CSC1(CC(=O)O)CNC1. The van der Waals surface area contributed by atoms with Crippen LogP contribution in [0, 0.1) is 0 Å². The van der Waals surface area contributed by atoms with Crippen LogP contribution in [0.3, 0.4) is 0 Å². The summed E-state index contributed by atoms with van der Waals surface area (Å²) in [6.07, 6.45) is 2.24. The number of rotatable bonds is 3. The van der Waals surface area contributed by atoms with Crippen LogP contribution in [0.15, 0.2) is 0 Å². The molecule has 1 aliphatic heterocycles. The number of thioether (sulfide) groups is 1. The lowest BCUT2D eigenvalue weighted by Crippen LogP contribution is -2.57. The molecule has 4 heteroatoms. The van der Waals surface area contributed by atoms with E-state index < -0.39 is 5.97 Å². The van der Waals surface area contributed by atoms with Crippen molar-refractivity contribution in [2.24, 2.45) is 0 Å². The van der Waals surface area contributed by atoms with E-state index in [1.165, 1.54) is 0 Å². The van der Waals surface area contributed by atoms with Crippen LogP contribution in [0.4, 0.5) is 0 Å². The van der Waals surface area contributed by atoms with E-state index in [9.17, 15) is 4.79 Å². The van der Waals surface area contributed by atoms with Gasteiger partial charge in [0.2, 0.25) is 0 Å². The average Bonchev–Trinajstić information content (AvgIpc) is 1.78. The lowest BCUT2D eigenvalue weighted by molar-refractivity contribution is -0.137. The van der Waals surface area contributed by atoms with Gasteiger partial charge in [-0.3, -0.25) is 4.79 Å². The summed E-state index contributed by atoms with van der Waals surface area (Å²) in [6, 6.07) is 0.